The van der Waals surface area contributed by atoms with Gasteiger partial charge in [-0.05, 0) is 35.7 Å². The third-order valence-corrected chi connectivity index (χ3v) is 6.26. The second kappa shape index (κ2) is 9.39. The molecule has 0 fully saturated rings. The number of hydrogen-bond donors (Lipinski definition) is 1. The molecule has 2 aromatic carbocycles. The van der Waals surface area contributed by atoms with Crippen LogP contribution in [0.25, 0.3) is 0 Å². The van der Waals surface area contributed by atoms with Gasteiger partial charge in [-0.15, -0.1) is 0 Å². The van der Waals surface area contributed by atoms with Gasteiger partial charge in [0.05, 0.1) is 11.3 Å². The van der Waals surface area contributed by atoms with Crippen LogP contribution in [0.1, 0.15) is 17.5 Å². The quantitative estimate of drug-likeness (QED) is 0.671. The van der Waals surface area contributed by atoms with Crippen molar-refractivity contribution in [2.45, 2.75) is 24.3 Å². The lowest BCUT2D eigenvalue weighted by molar-refractivity contribution is -0.152. The molecule has 0 aliphatic carbocycles. The van der Waals surface area contributed by atoms with Gasteiger partial charge in [-0.25, -0.2) is 13.1 Å². The Morgan fingerprint density at radius 3 is 2.62 bits per heavy atom. The van der Waals surface area contributed by atoms with Crippen molar-refractivity contribution in [1.82, 2.24) is 9.62 Å². The summed E-state index contributed by atoms with van der Waals surface area (Å²) < 4.78 is 31.6. The van der Waals surface area contributed by atoms with E-state index in [0.717, 1.165) is 12.0 Å². The Morgan fingerprint density at radius 1 is 1.10 bits per heavy atom. The van der Waals surface area contributed by atoms with Gasteiger partial charge in [0.15, 0.2) is 6.61 Å². The van der Waals surface area contributed by atoms with Crippen LogP contribution in [-0.4, -0.2) is 44.9 Å². The first kappa shape index (κ1) is 21.3. The summed E-state index contributed by atoms with van der Waals surface area (Å²) in [6, 6.07) is 13.7. The Morgan fingerprint density at radius 2 is 1.86 bits per heavy atom. The number of ether oxygens (including phenoxy) is 1. The first-order valence-corrected chi connectivity index (χ1v) is 11.0. The van der Waals surface area contributed by atoms with E-state index >= 15 is 0 Å². The molecule has 9 heteroatoms. The number of rotatable bonds is 7. The Labute approximate surface area is 174 Å². The number of sulfonamides is 1. The average Bonchev–Trinajstić information content (AvgIpc) is 2.71. The maximum Gasteiger partial charge on any atom is 0.307 e. The van der Waals surface area contributed by atoms with Gasteiger partial charge in [-0.2, -0.15) is 0 Å². The zero-order chi connectivity index (χ0) is 20.9. The summed E-state index contributed by atoms with van der Waals surface area (Å²) in [5.41, 5.74) is 2.31. The van der Waals surface area contributed by atoms with Gasteiger partial charge < -0.3 is 9.64 Å². The minimum atomic E-state index is -3.77. The number of nitrogens with one attached hydrogen (secondary N) is 1. The van der Waals surface area contributed by atoms with Gasteiger partial charge in [0.2, 0.25) is 10.0 Å². The maximum atomic E-state index is 12.3. The second-order valence-corrected chi connectivity index (χ2v) is 8.80. The fraction of sp³-hybridized carbons (Fsp3) is 0.300. The highest BCUT2D eigenvalue weighted by Gasteiger charge is 2.21. The summed E-state index contributed by atoms with van der Waals surface area (Å²) in [6.07, 6.45) is 0.580. The van der Waals surface area contributed by atoms with Gasteiger partial charge in [0.25, 0.3) is 5.91 Å². The molecule has 1 aliphatic heterocycles. The van der Waals surface area contributed by atoms with Crippen molar-refractivity contribution in [2.24, 2.45) is 0 Å². The summed E-state index contributed by atoms with van der Waals surface area (Å²) in [5.74, 6) is -0.920. The monoisotopic (exact) mass is 436 g/mol. The van der Waals surface area contributed by atoms with Crippen LogP contribution in [0, 0.1) is 0 Å². The fourth-order valence-corrected chi connectivity index (χ4v) is 4.35. The van der Waals surface area contributed by atoms with E-state index < -0.39 is 16.0 Å². The van der Waals surface area contributed by atoms with Gasteiger partial charge >= 0.3 is 5.97 Å². The summed E-state index contributed by atoms with van der Waals surface area (Å²) >= 11 is 5.80. The van der Waals surface area contributed by atoms with Crippen LogP contribution in [0.4, 0.5) is 0 Å². The number of benzene rings is 2. The van der Waals surface area contributed by atoms with Crippen molar-refractivity contribution >= 4 is 33.5 Å². The lowest BCUT2D eigenvalue weighted by atomic mass is 10.00. The number of halogens is 1. The van der Waals surface area contributed by atoms with Crippen LogP contribution in [0.5, 0.6) is 0 Å². The molecule has 0 radical (unpaired) electrons. The number of amides is 1. The smallest absolute Gasteiger partial charge is 0.307 e. The molecule has 1 N–H and O–H groups in total. The molecule has 0 bridgehead atoms. The topological polar surface area (TPSA) is 92.8 Å². The van der Waals surface area contributed by atoms with Crippen LogP contribution >= 0.6 is 11.6 Å². The lowest BCUT2D eigenvalue weighted by Gasteiger charge is -2.28. The predicted molar refractivity (Wildman–Crippen MR) is 108 cm³/mol. The molecular formula is C20H21ClN2O5S. The molecule has 3 rings (SSSR count). The average molecular weight is 437 g/mol. The van der Waals surface area contributed by atoms with Gasteiger partial charge in [0.1, 0.15) is 0 Å². The van der Waals surface area contributed by atoms with E-state index in [2.05, 4.69) is 4.72 Å². The molecule has 154 valence electrons. The predicted octanol–water partition coefficient (Wildman–Crippen LogP) is 2.14. The third-order valence-electron chi connectivity index (χ3n) is 4.57. The molecule has 0 aromatic heterocycles. The second-order valence-electron chi connectivity index (χ2n) is 6.60. The van der Waals surface area contributed by atoms with Crippen molar-refractivity contribution < 1.29 is 22.7 Å². The molecule has 0 atom stereocenters. The van der Waals surface area contributed by atoms with E-state index in [9.17, 15) is 18.0 Å². The Bertz CT molecular complexity index is 1010. The Kier molecular flexibility index (Phi) is 6.89. The van der Waals surface area contributed by atoms with E-state index in [4.69, 9.17) is 16.3 Å². The van der Waals surface area contributed by atoms with E-state index in [-0.39, 0.29) is 30.4 Å². The van der Waals surface area contributed by atoms with Crippen molar-refractivity contribution in [3.8, 4) is 0 Å². The maximum absolute atomic E-state index is 12.3. The standard InChI is InChI=1S/C20H21ClN2O5S/c21-17-6-3-7-18(12-17)29(26,27)22-10-8-20(25)28-14-19(24)23-11-9-15-4-1-2-5-16(15)13-23/h1-7,12,22H,8-11,13-14H2. The molecule has 7 nitrogen and oxygen atoms in total. The normalized spacial score (nSPS) is 13.6. The Hall–Kier alpha value is -2.42. The molecule has 0 spiro atoms. The van der Waals surface area contributed by atoms with E-state index in [1.807, 2.05) is 24.3 Å². The number of hydrogen-bond acceptors (Lipinski definition) is 5. The summed E-state index contributed by atoms with van der Waals surface area (Å²) in [5, 5.41) is 0.297. The van der Waals surface area contributed by atoms with Crippen LogP contribution < -0.4 is 4.72 Å². The summed E-state index contributed by atoms with van der Waals surface area (Å²) in [6.45, 7) is 0.569. The fourth-order valence-electron chi connectivity index (χ4n) is 3.02. The number of esters is 1. The molecule has 0 saturated carbocycles. The van der Waals surface area contributed by atoms with E-state index in [0.29, 0.717) is 18.1 Å². The largest absolute Gasteiger partial charge is 0.456 e. The molecule has 29 heavy (non-hydrogen) atoms. The highest BCUT2D eigenvalue weighted by atomic mass is 35.5. The molecule has 1 amide bonds. The zero-order valence-corrected chi connectivity index (χ0v) is 17.2. The molecule has 1 heterocycles. The first-order valence-electron chi connectivity index (χ1n) is 9.10. The van der Waals surface area contributed by atoms with Crippen molar-refractivity contribution in [3.05, 3.63) is 64.7 Å². The van der Waals surface area contributed by atoms with Gasteiger partial charge in [-0.3, -0.25) is 9.59 Å². The highest BCUT2D eigenvalue weighted by Crippen LogP contribution is 2.18. The molecule has 0 unspecified atom stereocenters. The number of nitrogens with zero attached hydrogens (tertiary/aromatic N) is 1. The Balaban J connectivity index is 1.42. The molecule has 1 aliphatic rings. The van der Waals surface area contributed by atoms with Crippen LogP contribution in [0.15, 0.2) is 53.4 Å². The number of carbonyl (C=O) groups excluding carboxylic acids is 2. The summed E-state index contributed by atoms with van der Waals surface area (Å²) in [7, 11) is -3.77. The molecular weight excluding hydrogens is 416 g/mol. The number of carbonyl (C=O) groups is 2. The minimum absolute atomic E-state index is 0.0129. The minimum Gasteiger partial charge on any atom is -0.456 e. The van der Waals surface area contributed by atoms with Crippen LogP contribution in [-0.2, 0) is 37.3 Å². The van der Waals surface area contributed by atoms with Gasteiger partial charge in [-0.1, -0.05) is 41.9 Å². The van der Waals surface area contributed by atoms with Crippen LogP contribution in [0.2, 0.25) is 5.02 Å². The highest BCUT2D eigenvalue weighted by molar-refractivity contribution is 7.89. The summed E-state index contributed by atoms with van der Waals surface area (Å²) in [4.78, 5) is 25.8. The van der Waals surface area contributed by atoms with Gasteiger partial charge in [0, 0.05) is 24.7 Å². The van der Waals surface area contributed by atoms with Crippen molar-refractivity contribution in [3.63, 3.8) is 0 Å². The molecule has 0 saturated heterocycles. The third kappa shape index (κ3) is 5.79. The SMILES string of the molecule is O=C(CCNS(=O)(=O)c1cccc(Cl)c1)OCC(=O)N1CCc2ccccc2C1. The van der Waals surface area contributed by atoms with Crippen molar-refractivity contribution in [2.75, 3.05) is 19.7 Å². The van der Waals surface area contributed by atoms with E-state index in [1.54, 1.807) is 11.0 Å². The van der Waals surface area contributed by atoms with Crippen molar-refractivity contribution in [1.29, 1.82) is 0 Å². The zero-order valence-electron chi connectivity index (χ0n) is 15.6. The van der Waals surface area contributed by atoms with Crippen LogP contribution in [0.3, 0.4) is 0 Å². The molecule has 2 aromatic rings. The number of fused-ring (bicyclic) bond motifs is 1. The van der Waals surface area contributed by atoms with E-state index in [1.165, 1.54) is 23.8 Å². The first-order chi connectivity index (χ1) is 13.8. The lowest BCUT2D eigenvalue weighted by Crippen LogP contribution is -2.38.